The number of nitrogens with two attached hydrogens (primary N) is 1. The Morgan fingerprint density at radius 1 is 1.17 bits per heavy atom. The summed E-state index contributed by atoms with van der Waals surface area (Å²) in [4.78, 5) is 8.88. The van der Waals surface area contributed by atoms with Crippen LogP contribution in [0.3, 0.4) is 0 Å². The van der Waals surface area contributed by atoms with Crippen LogP contribution in [0.5, 0.6) is 5.75 Å². The summed E-state index contributed by atoms with van der Waals surface area (Å²) in [5.41, 5.74) is 8.48. The lowest BCUT2D eigenvalue weighted by atomic mass is 10.1. The second-order valence-corrected chi connectivity index (χ2v) is 4.08. The quantitative estimate of drug-likeness (QED) is 0.891. The highest BCUT2D eigenvalue weighted by Gasteiger charge is 2.04. The largest absolute Gasteiger partial charge is 0.497 e. The molecule has 2 aromatic rings. The molecule has 0 aliphatic carbocycles. The van der Waals surface area contributed by atoms with Gasteiger partial charge in [-0.15, -0.1) is 0 Å². The van der Waals surface area contributed by atoms with Crippen LogP contribution in [0.1, 0.15) is 11.5 Å². The summed E-state index contributed by atoms with van der Waals surface area (Å²) < 4.78 is 5.14. The Balaban J connectivity index is 2.36. The van der Waals surface area contributed by atoms with E-state index in [1.807, 2.05) is 37.3 Å². The van der Waals surface area contributed by atoms with Gasteiger partial charge in [-0.25, -0.2) is 9.97 Å². The minimum Gasteiger partial charge on any atom is -0.497 e. The number of methoxy groups -OCH3 is 1. The van der Waals surface area contributed by atoms with Crippen molar-refractivity contribution in [3.8, 4) is 17.0 Å². The number of nitrogens with zero attached hydrogens (tertiary/aromatic N) is 2. The van der Waals surface area contributed by atoms with Crippen LogP contribution in [-0.4, -0.2) is 23.6 Å². The summed E-state index contributed by atoms with van der Waals surface area (Å²) in [6.07, 6.45) is 0.699. The smallest absolute Gasteiger partial charge is 0.130 e. The van der Waals surface area contributed by atoms with Gasteiger partial charge in [-0.1, -0.05) is 0 Å². The van der Waals surface area contributed by atoms with Crippen molar-refractivity contribution in [2.75, 3.05) is 13.7 Å². The number of aryl methyl sites for hydroxylation is 1. The number of hydrogen-bond donors (Lipinski definition) is 1. The first-order valence-corrected chi connectivity index (χ1v) is 5.92. The lowest BCUT2D eigenvalue weighted by molar-refractivity contribution is 0.415. The molecule has 0 saturated carbocycles. The van der Waals surface area contributed by atoms with Crippen molar-refractivity contribution < 1.29 is 4.74 Å². The minimum absolute atomic E-state index is 0.561. The SMILES string of the molecule is COc1ccc(-c2cc(C)nc(CCN)n2)cc1. The van der Waals surface area contributed by atoms with Crippen molar-refractivity contribution in [3.63, 3.8) is 0 Å². The molecule has 0 fully saturated rings. The zero-order chi connectivity index (χ0) is 13.0. The van der Waals surface area contributed by atoms with Gasteiger partial charge in [-0.2, -0.15) is 0 Å². The summed E-state index contributed by atoms with van der Waals surface area (Å²) in [6, 6.07) is 9.81. The fourth-order valence-corrected chi connectivity index (χ4v) is 1.78. The van der Waals surface area contributed by atoms with Crippen LogP contribution in [0.15, 0.2) is 30.3 Å². The summed E-state index contributed by atoms with van der Waals surface area (Å²) in [5, 5.41) is 0. The zero-order valence-electron chi connectivity index (χ0n) is 10.7. The third kappa shape index (κ3) is 2.84. The van der Waals surface area contributed by atoms with Gasteiger partial charge in [0, 0.05) is 17.7 Å². The van der Waals surface area contributed by atoms with E-state index < -0.39 is 0 Å². The third-order valence-corrected chi connectivity index (χ3v) is 2.65. The van der Waals surface area contributed by atoms with Crippen LogP contribution in [-0.2, 0) is 6.42 Å². The van der Waals surface area contributed by atoms with Crippen molar-refractivity contribution in [3.05, 3.63) is 41.9 Å². The van der Waals surface area contributed by atoms with Gasteiger partial charge in [-0.3, -0.25) is 0 Å². The van der Waals surface area contributed by atoms with E-state index in [0.29, 0.717) is 13.0 Å². The molecule has 4 heteroatoms. The van der Waals surface area contributed by atoms with Crippen LogP contribution in [0.2, 0.25) is 0 Å². The Morgan fingerprint density at radius 3 is 2.50 bits per heavy atom. The molecule has 1 aromatic carbocycles. The Labute approximate surface area is 107 Å². The summed E-state index contributed by atoms with van der Waals surface area (Å²) in [5.74, 6) is 1.63. The van der Waals surface area contributed by atoms with Gasteiger partial charge in [0.2, 0.25) is 0 Å². The first kappa shape index (κ1) is 12.5. The molecule has 0 radical (unpaired) electrons. The van der Waals surface area contributed by atoms with Crippen molar-refractivity contribution in [1.29, 1.82) is 0 Å². The summed E-state index contributed by atoms with van der Waals surface area (Å²) in [7, 11) is 1.66. The molecule has 1 aromatic heterocycles. The van der Waals surface area contributed by atoms with Crippen LogP contribution in [0.25, 0.3) is 11.3 Å². The summed E-state index contributed by atoms with van der Waals surface area (Å²) in [6.45, 7) is 2.53. The van der Waals surface area contributed by atoms with Crippen LogP contribution in [0, 0.1) is 6.92 Å². The monoisotopic (exact) mass is 243 g/mol. The van der Waals surface area contributed by atoms with Crippen LogP contribution in [0.4, 0.5) is 0 Å². The summed E-state index contributed by atoms with van der Waals surface area (Å²) >= 11 is 0. The second-order valence-electron chi connectivity index (χ2n) is 4.08. The van der Waals surface area contributed by atoms with E-state index in [4.69, 9.17) is 10.5 Å². The zero-order valence-corrected chi connectivity index (χ0v) is 10.7. The first-order valence-electron chi connectivity index (χ1n) is 5.92. The van der Waals surface area contributed by atoms with Gasteiger partial charge in [0.25, 0.3) is 0 Å². The van der Waals surface area contributed by atoms with E-state index in [1.165, 1.54) is 0 Å². The fraction of sp³-hybridized carbons (Fsp3) is 0.286. The van der Waals surface area contributed by atoms with E-state index in [9.17, 15) is 0 Å². The second kappa shape index (κ2) is 5.60. The highest BCUT2D eigenvalue weighted by atomic mass is 16.5. The Hall–Kier alpha value is -1.94. The molecule has 94 valence electrons. The number of rotatable bonds is 4. The number of aromatic nitrogens is 2. The molecule has 4 nitrogen and oxygen atoms in total. The van der Waals surface area contributed by atoms with Gasteiger partial charge in [-0.05, 0) is 43.8 Å². The van der Waals surface area contributed by atoms with Gasteiger partial charge < -0.3 is 10.5 Å². The first-order chi connectivity index (χ1) is 8.72. The van der Waals surface area contributed by atoms with Crippen molar-refractivity contribution >= 4 is 0 Å². The Bertz CT molecular complexity index is 523. The molecule has 0 aliphatic rings. The van der Waals surface area contributed by atoms with Gasteiger partial charge in [0.15, 0.2) is 0 Å². The van der Waals surface area contributed by atoms with E-state index >= 15 is 0 Å². The van der Waals surface area contributed by atoms with Gasteiger partial charge in [0.1, 0.15) is 11.6 Å². The average Bonchev–Trinajstić information content (AvgIpc) is 2.38. The molecule has 2 N–H and O–H groups in total. The topological polar surface area (TPSA) is 61.0 Å². The average molecular weight is 243 g/mol. The maximum absolute atomic E-state index is 5.54. The third-order valence-electron chi connectivity index (χ3n) is 2.65. The van der Waals surface area contributed by atoms with Gasteiger partial charge in [0.05, 0.1) is 12.8 Å². The lowest BCUT2D eigenvalue weighted by Crippen LogP contribution is -2.07. The molecule has 0 spiro atoms. The predicted octanol–water partition coefficient (Wildman–Crippen LogP) is 1.96. The molecule has 0 aliphatic heterocycles. The number of benzene rings is 1. The van der Waals surface area contributed by atoms with E-state index in [2.05, 4.69) is 9.97 Å². The molecule has 0 bridgehead atoms. The molecule has 2 rings (SSSR count). The normalized spacial score (nSPS) is 10.4. The molecule has 18 heavy (non-hydrogen) atoms. The number of ether oxygens (including phenoxy) is 1. The molecule has 0 atom stereocenters. The lowest BCUT2D eigenvalue weighted by Gasteiger charge is -2.06. The highest BCUT2D eigenvalue weighted by molar-refractivity contribution is 5.60. The van der Waals surface area contributed by atoms with E-state index in [-0.39, 0.29) is 0 Å². The molecule has 0 amide bonds. The standard InChI is InChI=1S/C14H17N3O/c1-10-9-13(17-14(16-10)7-8-15)11-3-5-12(18-2)6-4-11/h3-6,9H,7-8,15H2,1-2H3. The van der Waals surface area contributed by atoms with E-state index in [0.717, 1.165) is 28.5 Å². The minimum atomic E-state index is 0.561. The van der Waals surface area contributed by atoms with Crippen molar-refractivity contribution in [1.82, 2.24) is 9.97 Å². The Morgan fingerprint density at radius 2 is 1.89 bits per heavy atom. The fourth-order valence-electron chi connectivity index (χ4n) is 1.78. The number of hydrogen-bond acceptors (Lipinski definition) is 4. The Kier molecular flexibility index (Phi) is 3.89. The predicted molar refractivity (Wildman–Crippen MR) is 71.5 cm³/mol. The molecule has 0 unspecified atom stereocenters. The molecule has 0 saturated heterocycles. The highest BCUT2D eigenvalue weighted by Crippen LogP contribution is 2.21. The van der Waals surface area contributed by atoms with Gasteiger partial charge >= 0.3 is 0 Å². The molecular formula is C14H17N3O. The van der Waals surface area contributed by atoms with Crippen molar-refractivity contribution in [2.45, 2.75) is 13.3 Å². The van der Waals surface area contributed by atoms with Crippen molar-refractivity contribution in [2.24, 2.45) is 5.73 Å². The van der Waals surface area contributed by atoms with Crippen LogP contribution < -0.4 is 10.5 Å². The molecule has 1 heterocycles. The van der Waals surface area contributed by atoms with E-state index in [1.54, 1.807) is 7.11 Å². The van der Waals surface area contributed by atoms with Crippen LogP contribution >= 0.6 is 0 Å². The maximum atomic E-state index is 5.54. The molecular weight excluding hydrogens is 226 g/mol. The maximum Gasteiger partial charge on any atom is 0.130 e.